The molecule has 0 saturated carbocycles. The molecule has 0 atom stereocenters. The van der Waals surface area contributed by atoms with Gasteiger partial charge in [-0.2, -0.15) is 10.1 Å². The number of carbonyl (C=O) groups excluding carboxylic acids is 1. The highest BCUT2D eigenvalue weighted by atomic mass is 16.5. The predicted molar refractivity (Wildman–Crippen MR) is 150 cm³/mol. The van der Waals surface area contributed by atoms with Crippen LogP contribution in [0.25, 0.3) is 6.08 Å². The summed E-state index contributed by atoms with van der Waals surface area (Å²) < 4.78 is 17.7. The van der Waals surface area contributed by atoms with Crippen molar-refractivity contribution in [3.63, 3.8) is 0 Å². The summed E-state index contributed by atoms with van der Waals surface area (Å²) in [6, 6.07) is 32.8. The Kier molecular flexibility index (Phi) is 7.50. The van der Waals surface area contributed by atoms with E-state index < -0.39 is 0 Å². The molecule has 0 unspecified atom stereocenters. The van der Waals surface area contributed by atoms with Gasteiger partial charge < -0.3 is 14.2 Å². The summed E-state index contributed by atoms with van der Waals surface area (Å²) >= 11 is 0. The van der Waals surface area contributed by atoms with Gasteiger partial charge in [-0.3, -0.25) is 4.79 Å². The minimum Gasteiger partial charge on any atom is -0.493 e. The van der Waals surface area contributed by atoms with Crippen LogP contribution in [-0.4, -0.2) is 18.7 Å². The van der Waals surface area contributed by atoms with E-state index in [4.69, 9.17) is 14.2 Å². The Morgan fingerprint density at radius 3 is 2.16 bits per heavy atom. The second-order valence-corrected chi connectivity index (χ2v) is 8.78. The number of anilines is 1. The molecule has 0 saturated heterocycles. The van der Waals surface area contributed by atoms with Crippen LogP contribution in [0.5, 0.6) is 17.2 Å². The molecule has 1 heterocycles. The van der Waals surface area contributed by atoms with Crippen LogP contribution in [0.4, 0.5) is 5.69 Å². The Bertz CT molecular complexity index is 1480. The quantitative estimate of drug-likeness (QED) is 0.239. The van der Waals surface area contributed by atoms with Gasteiger partial charge >= 0.3 is 0 Å². The van der Waals surface area contributed by atoms with Crippen molar-refractivity contribution >= 4 is 23.4 Å². The van der Waals surface area contributed by atoms with Crippen LogP contribution in [0.3, 0.4) is 0 Å². The van der Waals surface area contributed by atoms with Crippen LogP contribution in [-0.2, 0) is 18.0 Å². The number of ether oxygens (including phenoxy) is 3. The topological polar surface area (TPSA) is 60.4 Å². The lowest BCUT2D eigenvalue weighted by molar-refractivity contribution is -0.114. The number of hydrogen-bond acceptors (Lipinski definition) is 5. The largest absolute Gasteiger partial charge is 0.493 e. The van der Waals surface area contributed by atoms with E-state index >= 15 is 0 Å². The van der Waals surface area contributed by atoms with Gasteiger partial charge in [-0.25, -0.2) is 0 Å². The molecule has 0 spiro atoms. The van der Waals surface area contributed by atoms with Gasteiger partial charge in [0, 0.05) is 5.56 Å². The molecule has 190 valence electrons. The number of nitrogens with zero attached hydrogens (tertiary/aromatic N) is 2. The van der Waals surface area contributed by atoms with Crippen LogP contribution in [0.2, 0.25) is 0 Å². The monoisotopic (exact) mass is 504 g/mol. The molecular weight excluding hydrogens is 476 g/mol. The van der Waals surface area contributed by atoms with Gasteiger partial charge in [0.15, 0.2) is 11.5 Å². The number of rotatable bonds is 9. The molecule has 6 heteroatoms. The zero-order valence-electron chi connectivity index (χ0n) is 21.3. The van der Waals surface area contributed by atoms with Crippen LogP contribution in [0.1, 0.15) is 23.6 Å². The molecule has 4 aromatic carbocycles. The highest BCUT2D eigenvalue weighted by Gasteiger charge is 2.28. The van der Waals surface area contributed by atoms with Gasteiger partial charge in [-0.15, -0.1) is 0 Å². The third-order valence-corrected chi connectivity index (χ3v) is 6.14. The molecule has 6 nitrogen and oxygen atoms in total. The van der Waals surface area contributed by atoms with E-state index in [1.165, 1.54) is 5.01 Å². The minimum absolute atomic E-state index is 0.167. The molecule has 4 aromatic rings. The maximum Gasteiger partial charge on any atom is 0.280 e. The second kappa shape index (κ2) is 11.5. The molecular formula is C32H28N2O4. The number of methoxy groups -OCH3 is 1. The van der Waals surface area contributed by atoms with E-state index in [0.717, 1.165) is 22.4 Å². The maximum atomic E-state index is 13.1. The Balaban J connectivity index is 1.29. The Hall–Kier alpha value is -4.84. The normalized spacial score (nSPS) is 13.9. The standard InChI is InChI=1S/C32H28N2O4/c1-23-28(32(35)34(33-23)27-14-7-4-8-15-27)20-26-13-9-10-16-29(26)37-22-25-17-18-30(31(19-25)36-2)38-21-24-11-5-3-6-12-24/h3-20H,21-22H2,1-2H3/b28-20-. The molecule has 5 rings (SSSR count). The second-order valence-electron chi connectivity index (χ2n) is 8.78. The van der Waals surface area contributed by atoms with Gasteiger partial charge in [-0.05, 0) is 54.5 Å². The van der Waals surface area contributed by atoms with Gasteiger partial charge in [0.1, 0.15) is 19.0 Å². The fourth-order valence-electron chi connectivity index (χ4n) is 4.13. The average molecular weight is 505 g/mol. The van der Waals surface area contributed by atoms with Crippen molar-refractivity contribution in [2.24, 2.45) is 5.10 Å². The summed E-state index contributed by atoms with van der Waals surface area (Å²) in [5, 5.41) is 5.90. The maximum absolute atomic E-state index is 13.1. The molecule has 0 aliphatic carbocycles. The Morgan fingerprint density at radius 1 is 0.737 bits per heavy atom. The van der Waals surface area contributed by atoms with E-state index in [9.17, 15) is 4.79 Å². The summed E-state index contributed by atoms with van der Waals surface area (Å²) in [5.74, 6) is 1.81. The fourth-order valence-corrected chi connectivity index (χ4v) is 4.13. The number of hydrazone groups is 1. The number of hydrogen-bond donors (Lipinski definition) is 0. The molecule has 38 heavy (non-hydrogen) atoms. The lowest BCUT2D eigenvalue weighted by Gasteiger charge is -2.14. The minimum atomic E-state index is -0.167. The van der Waals surface area contributed by atoms with Crippen molar-refractivity contribution in [1.29, 1.82) is 0 Å². The summed E-state index contributed by atoms with van der Waals surface area (Å²) in [6.07, 6.45) is 1.83. The smallest absolute Gasteiger partial charge is 0.280 e. The zero-order chi connectivity index (χ0) is 26.3. The van der Waals surface area contributed by atoms with Crippen molar-refractivity contribution in [2.45, 2.75) is 20.1 Å². The summed E-state index contributed by atoms with van der Waals surface area (Å²) in [5.41, 5.74) is 4.74. The first-order chi connectivity index (χ1) is 18.6. The van der Waals surface area contributed by atoms with Crippen LogP contribution < -0.4 is 19.2 Å². The van der Waals surface area contributed by atoms with E-state index in [2.05, 4.69) is 5.10 Å². The molecule has 0 aromatic heterocycles. The molecule has 0 N–H and O–H groups in total. The first-order valence-electron chi connectivity index (χ1n) is 12.3. The SMILES string of the molecule is COc1cc(COc2ccccc2/C=C2\C(=O)N(c3ccccc3)N=C2C)ccc1OCc1ccccc1. The van der Waals surface area contributed by atoms with Crippen molar-refractivity contribution in [3.05, 3.63) is 125 Å². The molecule has 1 aliphatic rings. The van der Waals surface area contributed by atoms with Crippen molar-refractivity contribution in [1.82, 2.24) is 0 Å². The molecule has 0 fully saturated rings. The van der Waals surface area contributed by atoms with Crippen LogP contribution in [0.15, 0.2) is 114 Å². The van der Waals surface area contributed by atoms with Crippen molar-refractivity contribution in [2.75, 3.05) is 12.1 Å². The third-order valence-electron chi connectivity index (χ3n) is 6.14. The average Bonchev–Trinajstić information content (AvgIpc) is 3.25. The highest BCUT2D eigenvalue weighted by Crippen LogP contribution is 2.31. The van der Waals surface area contributed by atoms with Gasteiger partial charge in [0.2, 0.25) is 0 Å². The summed E-state index contributed by atoms with van der Waals surface area (Å²) in [6.45, 7) is 2.62. The number of benzene rings is 4. The summed E-state index contributed by atoms with van der Waals surface area (Å²) in [4.78, 5) is 13.1. The zero-order valence-corrected chi connectivity index (χ0v) is 21.3. The predicted octanol–water partition coefficient (Wildman–Crippen LogP) is 6.66. The van der Waals surface area contributed by atoms with Crippen molar-refractivity contribution in [3.8, 4) is 17.2 Å². The molecule has 0 radical (unpaired) electrons. The van der Waals surface area contributed by atoms with E-state index in [1.807, 2.05) is 116 Å². The first-order valence-corrected chi connectivity index (χ1v) is 12.3. The highest BCUT2D eigenvalue weighted by molar-refractivity contribution is 6.32. The Morgan fingerprint density at radius 2 is 1.39 bits per heavy atom. The number of amides is 1. The van der Waals surface area contributed by atoms with Crippen LogP contribution in [0, 0.1) is 0 Å². The fraction of sp³-hybridized carbons (Fsp3) is 0.125. The summed E-state index contributed by atoms with van der Waals surface area (Å²) in [7, 11) is 1.62. The van der Waals surface area contributed by atoms with Gasteiger partial charge in [0.05, 0.1) is 24.1 Å². The molecule has 0 bridgehead atoms. The molecule has 1 aliphatic heterocycles. The Labute approximate surface area is 222 Å². The van der Waals surface area contributed by atoms with E-state index in [1.54, 1.807) is 7.11 Å². The number of para-hydroxylation sites is 2. The molecule has 1 amide bonds. The lowest BCUT2D eigenvalue weighted by atomic mass is 10.1. The van der Waals surface area contributed by atoms with Crippen LogP contribution >= 0.6 is 0 Å². The number of carbonyl (C=O) groups is 1. The van der Waals surface area contributed by atoms with E-state index in [0.29, 0.717) is 41.7 Å². The first kappa shape index (κ1) is 24.8. The van der Waals surface area contributed by atoms with Gasteiger partial charge in [-0.1, -0.05) is 72.8 Å². The van der Waals surface area contributed by atoms with Gasteiger partial charge in [0.25, 0.3) is 5.91 Å². The third kappa shape index (κ3) is 5.60. The van der Waals surface area contributed by atoms with E-state index in [-0.39, 0.29) is 5.91 Å². The lowest BCUT2D eigenvalue weighted by Crippen LogP contribution is -2.21. The van der Waals surface area contributed by atoms with Crippen molar-refractivity contribution < 1.29 is 19.0 Å².